The summed E-state index contributed by atoms with van der Waals surface area (Å²) in [5, 5.41) is 0. The summed E-state index contributed by atoms with van der Waals surface area (Å²) in [5.74, 6) is 0. The molecule has 4 nitrogen and oxygen atoms in total. The molecule has 0 amide bonds. The van der Waals surface area contributed by atoms with Gasteiger partial charge < -0.3 is 9.45 Å². The standard InChI is InChI=1S/C12H25N.CHF3O3S/c1-3-4-5-7-10-13-11-8-6-9-12(13)2;2-1(3,4)8(5,6)7/h12H,3-11H2,1-2H3;(H,5,6,7). The van der Waals surface area contributed by atoms with Gasteiger partial charge in [0.25, 0.3) is 0 Å². The van der Waals surface area contributed by atoms with Crippen molar-refractivity contribution < 1.29 is 31.0 Å². The number of nitrogens with one attached hydrogen (secondary N) is 1. The number of hydrogen-bond acceptors (Lipinski definition) is 3. The number of rotatable bonds is 5. The Morgan fingerprint density at radius 2 is 1.76 bits per heavy atom. The van der Waals surface area contributed by atoms with Crippen molar-refractivity contribution in [3.63, 3.8) is 0 Å². The van der Waals surface area contributed by atoms with Crippen molar-refractivity contribution in [3.8, 4) is 0 Å². The number of hydrogen-bond donors (Lipinski definition) is 1. The molecule has 1 rings (SSSR count). The van der Waals surface area contributed by atoms with Gasteiger partial charge in [0.2, 0.25) is 0 Å². The maximum Gasteiger partial charge on any atom is 0.485 e. The second-order valence-electron chi connectivity index (χ2n) is 5.52. The molecule has 1 fully saturated rings. The topological polar surface area (TPSA) is 61.6 Å². The summed E-state index contributed by atoms with van der Waals surface area (Å²) >= 11 is 0. The minimum atomic E-state index is -6.09. The lowest BCUT2D eigenvalue weighted by Gasteiger charge is -2.30. The molecule has 2 atom stereocenters. The monoisotopic (exact) mass is 333 g/mol. The molecule has 0 aliphatic carbocycles. The molecular weight excluding hydrogens is 307 g/mol. The van der Waals surface area contributed by atoms with Crippen molar-refractivity contribution in [2.24, 2.45) is 0 Å². The number of likely N-dealkylation sites (tertiary alicyclic amines) is 1. The van der Waals surface area contributed by atoms with Gasteiger partial charge in [0.05, 0.1) is 19.1 Å². The summed E-state index contributed by atoms with van der Waals surface area (Å²) in [6, 6.07) is 0.940. The molecular formula is C13H26F3NO3S. The zero-order chi connectivity index (χ0) is 16.5. The largest absolute Gasteiger partial charge is 0.741 e. The molecule has 0 aromatic rings. The normalized spacial score (nSPS) is 23.3. The third-order valence-corrected chi connectivity index (χ3v) is 4.28. The molecule has 1 N–H and O–H groups in total. The van der Waals surface area contributed by atoms with E-state index in [1.54, 1.807) is 0 Å². The molecule has 8 heteroatoms. The first kappa shape index (κ1) is 20.7. The van der Waals surface area contributed by atoms with Crippen LogP contribution in [0.4, 0.5) is 13.2 Å². The van der Waals surface area contributed by atoms with Gasteiger partial charge >= 0.3 is 5.51 Å². The number of alkyl halides is 3. The van der Waals surface area contributed by atoms with Gasteiger partial charge in [-0.15, -0.1) is 0 Å². The molecule has 0 aromatic carbocycles. The van der Waals surface area contributed by atoms with Crippen molar-refractivity contribution in [1.29, 1.82) is 0 Å². The molecule has 2 unspecified atom stereocenters. The van der Waals surface area contributed by atoms with Crippen LogP contribution in [0, 0.1) is 0 Å². The van der Waals surface area contributed by atoms with Gasteiger partial charge in [0.15, 0.2) is 10.1 Å². The number of unbranched alkanes of at least 4 members (excludes halogenated alkanes) is 3. The van der Waals surface area contributed by atoms with Crippen LogP contribution in [-0.4, -0.2) is 37.6 Å². The highest BCUT2D eigenvalue weighted by atomic mass is 32.2. The van der Waals surface area contributed by atoms with E-state index in [9.17, 15) is 13.2 Å². The number of halogens is 3. The number of piperidine rings is 1. The average Bonchev–Trinajstić information content (AvgIpc) is 2.35. The first-order valence-corrected chi connectivity index (χ1v) is 8.87. The second-order valence-corrected chi connectivity index (χ2v) is 6.89. The lowest BCUT2D eigenvalue weighted by atomic mass is 10.0. The Bertz CT molecular complexity index is 371. The summed E-state index contributed by atoms with van der Waals surface area (Å²) in [6.07, 6.45) is 10.1. The summed E-state index contributed by atoms with van der Waals surface area (Å²) in [7, 11) is -6.09. The van der Waals surface area contributed by atoms with E-state index in [2.05, 4.69) is 13.8 Å². The van der Waals surface area contributed by atoms with Crippen molar-refractivity contribution in [2.75, 3.05) is 13.1 Å². The predicted molar refractivity (Wildman–Crippen MR) is 73.9 cm³/mol. The van der Waals surface area contributed by atoms with E-state index in [4.69, 9.17) is 13.0 Å². The molecule has 1 heterocycles. The molecule has 21 heavy (non-hydrogen) atoms. The van der Waals surface area contributed by atoms with Crippen LogP contribution in [0.15, 0.2) is 0 Å². The first-order valence-electron chi connectivity index (χ1n) is 7.46. The Balaban J connectivity index is 0.000000433. The summed E-state index contributed by atoms with van der Waals surface area (Å²) < 4.78 is 58.9. The summed E-state index contributed by atoms with van der Waals surface area (Å²) in [6.45, 7) is 7.58. The third kappa shape index (κ3) is 9.31. The average molecular weight is 333 g/mol. The van der Waals surface area contributed by atoms with Crippen LogP contribution in [0.25, 0.3) is 0 Å². The van der Waals surface area contributed by atoms with E-state index >= 15 is 0 Å². The van der Waals surface area contributed by atoms with Gasteiger partial charge in [-0.25, -0.2) is 8.42 Å². The minimum Gasteiger partial charge on any atom is -0.741 e. The van der Waals surface area contributed by atoms with Gasteiger partial charge in [-0.2, -0.15) is 13.2 Å². The quantitative estimate of drug-likeness (QED) is 0.476. The van der Waals surface area contributed by atoms with Gasteiger partial charge in [0, 0.05) is 0 Å². The summed E-state index contributed by atoms with van der Waals surface area (Å²) in [4.78, 5) is 1.88. The van der Waals surface area contributed by atoms with E-state index in [-0.39, 0.29) is 0 Å². The van der Waals surface area contributed by atoms with Crippen LogP contribution in [-0.2, 0) is 10.1 Å². The fraction of sp³-hybridized carbons (Fsp3) is 1.00. The Morgan fingerprint density at radius 1 is 1.19 bits per heavy atom. The van der Waals surface area contributed by atoms with Crippen LogP contribution in [0.5, 0.6) is 0 Å². The first-order chi connectivity index (χ1) is 9.59. The highest BCUT2D eigenvalue weighted by Crippen LogP contribution is 2.20. The van der Waals surface area contributed by atoms with E-state index in [1.807, 2.05) is 4.90 Å². The van der Waals surface area contributed by atoms with E-state index in [0.717, 1.165) is 6.04 Å². The Hall–Kier alpha value is -0.340. The maximum absolute atomic E-state index is 10.7. The van der Waals surface area contributed by atoms with Gasteiger partial charge in [0.1, 0.15) is 0 Å². The molecule has 0 radical (unpaired) electrons. The molecule has 1 saturated heterocycles. The van der Waals surface area contributed by atoms with Crippen molar-refractivity contribution in [3.05, 3.63) is 0 Å². The van der Waals surface area contributed by atoms with Crippen LogP contribution in [0.1, 0.15) is 58.8 Å². The van der Waals surface area contributed by atoms with Crippen LogP contribution < -0.4 is 4.90 Å². The molecule has 0 saturated carbocycles. The smallest absolute Gasteiger partial charge is 0.485 e. The Morgan fingerprint density at radius 3 is 2.19 bits per heavy atom. The van der Waals surface area contributed by atoms with Gasteiger partial charge in [-0.05, 0) is 39.0 Å². The SMILES string of the molecule is CCCCCC[NH+]1CCCCC1C.O=S(=O)([O-])C(F)(F)F. The van der Waals surface area contributed by atoms with Gasteiger partial charge in [-0.3, -0.25) is 0 Å². The zero-order valence-electron chi connectivity index (χ0n) is 12.7. The van der Waals surface area contributed by atoms with Crippen molar-refractivity contribution in [2.45, 2.75) is 70.3 Å². The van der Waals surface area contributed by atoms with Crippen molar-refractivity contribution >= 4 is 10.1 Å². The minimum absolute atomic E-state index is 0.940. The lowest BCUT2D eigenvalue weighted by Crippen LogP contribution is -3.16. The molecule has 128 valence electrons. The predicted octanol–water partition coefficient (Wildman–Crippen LogP) is 2.08. The fourth-order valence-corrected chi connectivity index (χ4v) is 2.40. The number of quaternary nitrogens is 1. The van der Waals surface area contributed by atoms with Gasteiger partial charge in [-0.1, -0.05) is 19.8 Å². The highest BCUT2D eigenvalue weighted by molar-refractivity contribution is 7.86. The van der Waals surface area contributed by atoms with Crippen molar-refractivity contribution in [1.82, 2.24) is 0 Å². The maximum atomic E-state index is 10.7. The zero-order valence-corrected chi connectivity index (χ0v) is 13.5. The van der Waals surface area contributed by atoms with E-state index < -0.39 is 15.6 Å². The van der Waals surface area contributed by atoms with Crippen LogP contribution >= 0.6 is 0 Å². The van der Waals surface area contributed by atoms with Crippen LogP contribution in [0.2, 0.25) is 0 Å². The molecule has 0 aromatic heterocycles. The Labute approximate surface area is 125 Å². The molecule has 1 aliphatic rings. The highest BCUT2D eigenvalue weighted by Gasteiger charge is 2.36. The fourth-order valence-electron chi connectivity index (χ4n) is 2.40. The molecule has 0 spiro atoms. The molecule has 1 aliphatic heterocycles. The Kier molecular flexibility index (Phi) is 9.48. The van der Waals surface area contributed by atoms with E-state index in [1.165, 1.54) is 58.0 Å². The third-order valence-electron chi connectivity index (χ3n) is 3.72. The summed E-state index contributed by atoms with van der Waals surface area (Å²) in [5.41, 5.74) is -5.65. The van der Waals surface area contributed by atoms with Crippen LogP contribution in [0.3, 0.4) is 0 Å². The second kappa shape index (κ2) is 9.63. The van der Waals surface area contributed by atoms with E-state index in [0.29, 0.717) is 0 Å². The lowest BCUT2D eigenvalue weighted by molar-refractivity contribution is -0.928. The molecule has 0 bridgehead atoms.